The third-order valence-electron chi connectivity index (χ3n) is 5.02. The minimum atomic E-state index is 1.03. The van der Waals surface area contributed by atoms with E-state index in [2.05, 4.69) is 103 Å². The lowest BCUT2D eigenvalue weighted by Crippen LogP contribution is -2.00. The normalized spacial score (nSPS) is 11.9. The van der Waals surface area contributed by atoms with Crippen molar-refractivity contribution in [1.82, 2.24) is 0 Å². The predicted molar refractivity (Wildman–Crippen MR) is 120 cm³/mol. The fourth-order valence-electron chi connectivity index (χ4n) is 3.51. The average molecular weight is 378 g/mol. The average Bonchev–Trinajstić information content (AvgIpc) is 2.77. The molecule has 2 heteroatoms. The smallest absolute Gasteiger partial charge is 0.0532 e. The van der Waals surface area contributed by atoms with Gasteiger partial charge in [-0.2, -0.15) is 0 Å². The number of rotatable bonds is 3. The standard InChI is InChI=1S/C26H19NS/c1-18(20-10-7-11-22(16-20)19-8-3-2-4-9-19)21-14-15-26-24(17-21)27-23-12-5-6-13-25(23)28-26/h2-17,27H,1H2. The molecule has 0 spiro atoms. The van der Waals surface area contributed by atoms with Crippen molar-refractivity contribution in [3.05, 3.63) is 115 Å². The zero-order valence-corrected chi connectivity index (χ0v) is 16.2. The van der Waals surface area contributed by atoms with E-state index in [-0.39, 0.29) is 0 Å². The molecule has 0 radical (unpaired) electrons. The molecule has 134 valence electrons. The summed E-state index contributed by atoms with van der Waals surface area (Å²) in [5, 5.41) is 3.56. The second-order valence-corrected chi connectivity index (χ2v) is 7.94. The Hall–Kier alpha value is -3.23. The van der Waals surface area contributed by atoms with E-state index in [1.807, 2.05) is 6.07 Å². The molecule has 0 aliphatic carbocycles. The van der Waals surface area contributed by atoms with Gasteiger partial charge in [0.1, 0.15) is 0 Å². The van der Waals surface area contributed by atoms with Gasteiger partial charge in [0.2, 0.25) is 0 Å². The minimum Gasteiger partial charge on any atom is -0.354 e. The van der Waals surface area contributed by atoms with Crippen molar-refractivity contribution in [1.29, 1.82) is 0 Å². The van der Waals surface area contributed by atoms with Crippen molar-refractivity contribution in [2.75, 3.05) is 5.32 Å². The predicted octanol–water partition coefficient (Wildman–Crippen LogP) is 7.62. The van der Waals surface area contributed by atoms with E-state index in [0.29, 0.717) is 0 Å². The highest BCUT2D eigenvalue weighted by atomic mass is 32.2. The summed E-state index contributed by atoms with van der Waals surface area (Å²) in [5.41, 5.74) is 8.04. The lowest BCUT2D eigenvalue weighted by atomic mass is 9.95. The summed E-state index contributed by atoms with van der Waals surface area (Å²) >= 11 is 1.81. The van der Waals surface area contributed by atoms with Gasteiger partial charge in [-0.3, -0.25) is 0 Å². The number of hydrogen-bond acceptors (Lipinski definition) is 2. The quantitative estimate of drug-likeness (QED) is 0.347. The molecule has 0 aromatic heterocycles. The van der Waals surface area contributed by atoms with Crippen LogP contribution < -0.4 is 5.32 Å². The van der Waals surface area contributed by atoms with Gasteiger partial charge in [-0.15, -0.1) is 0 Å². The molecule has 28 heavy (non-hydrogen) atoms. The van der Waals surface area contributed by atoms with Crippen LogP contribution in [0.2, 0.25) is 0 Å². The molecule has 4 aromatic carbocycles. The number of nitrogens with one attached hydrogen (secondary N) is 1. The Balaban J connectivity index is 1.47. The van der Waals surface area contributed by atoms with E-state index in [1.165, 1.54) is 20.9 Å². The number of hydrogen-bond donors (Lipinski definition) is 1. The highest BCUT2D eigenvalue weighted by Crippen LogP contribution is 2.45. The molecule has 0 atom stereocenters. The molecule has 4 aromatic rings. The minimum absolute atomic E-state index is 1.03. The molecule has 0 fully saturated rings. The summed E-state index contributed by atoms with van der Waals surface area (Å²) in [6, 6.07) is 34.0. The molecular weight excluding hydrogens is 358 g/mol. The molecule has 1 N–H and O–H groups in total. The van der Waals surface area contributed by atoms with E-state index in [4.69, 9.17) is 0 Å². The van der Waals surface area contributed by atoms with Gasteiger partial charge in [-0.25, -0.2) is 0 Å². The summed E-state index contributed by atoms with van der Waals surface area (Å²) in [5.74, 6) is 0. The van der Waals surface area contributed by atoms with Crippen LogP contribution in [0.25, 0.3) is 16.7 Å². The maximum atomic E-state index is 4.39. The number of fused-ring (bicyclic) bond motifs is 2. The monoisotopic (exact) mass is 377 g/mol. The molecular formula is C26H19NS. The van der Waals surface area contributed by atoms with Crippen molar-refractivity contribution in [2.24, 2.45) is 0 Å². The Bertz CT molecular complexity index is 1180. The number of anilines is 2. The maximum Gasteiger partial charge on any atom is 0.0532 e. The lowest BCUT2D eigenvalue weighted by molar-refractivity contribution is 1.31. The zero-order valence-electron chi connectivity index (χ0n) is 15.4. The third-order valence-corrected chi connectivity index (χ3v) is 6.17. The first-order chi connectivity index (χ1) is 13.8. The molecule has 0 bridgehead atoms. The first-order valence-corrected chi connectivity index (χ1v) is 10.1. The van der Waals surface area contributed by atoms with E-state index >= 15 is 0 Å². The van der Waals surface area contributed by atoms with Crippen molar-refractivity contribution >= 4 is 28.7 Å². The summed E-state index contributed by atoms with van der Waals surface area (Å²) in [4.78, 5) is 2.51. The Morgan fingerprint density at radius 3 is 2.21 bits per heavy atom. The van der Waals surface area contributed by atoms with Crippen LogP contribution in [0.5, 0.6) is 0 Å². The van der Waals surface area contributed by atoms with Crippen molar-refractivity contribution < 1.29 is 0 Å². The molecule has 1 aliphatic rings. The number of benzene rings is 4. The van der Waals surface area contributed by atoms with Gasteiger partial charge < -0.3 is 5.32 Å². The fraction of sp³-hybridized carbons (Fsp3) is 0. The van der Waals surface area contributed by atoms with Crippen LogP contribution in [0.3, 0.4) is 0 Å². The van der Waals surface area contributed by atoms with Crippen LogP contribution in [-0.2, 0) is 0 Å². The van der Waals surface area contributed by atoms with Gasteiger partial charge in [0, 0.05) is 9.79 Å². The largest absolute Gasteiger partial charge is 0.354 e. The topological polar surface area (TPSA) is 12.0 Å². The Labute approximate surface area is 169 Å². The molecule has 0 saturated carbocycles. The van der Waals surface area contributed by atoms with E-state index in [0.717, 1.165) is 28.1 Å². The van der Waals surface area contributed by atoms with E-state index in [9.17, 15) is 0 Å². The molecule has 0 amide bonds. The van der Waals surface area contributed by atoms with Gasteiger partial charge in [-0.05, 0) is 58.2 Å². The Morgan fingerprint density at radius 1 is 0.607 bits per heavy atom. The third kappa shape index (κ3) is 3.12. The van der Waals surface area contributed by atoms with Crippen LogP contribution in [0.4, 0.5) is 11.4 Å². The van der Waals surface area contributed by atoms with Gasteiger partial charge in [0.25, 0.3) is 0 Å². The van der Waals surface area contributed by atoms with Crippen LogP contribution in [0, 0.1) is 0 Å². The first kappa shape index (κ1) is 16.9. The van der Waals surface area contributed by atoms with Crippen molar-refractivity contribution in [3.63, 3.8) is 0 Å². The van der Waals surface area contributed by atoms with E-state index in [1.54, 1.807) is 11.8 Å². The second-order valence-electron chi connectivity index (χ2n) is 6.86. The number of para-hydroxylation sites is 1. The zero-order chi connectivity index (χ0) is 18.9. The highest BCUT2D eigenvalue weighted by Gasteiger charge is 2.16. The Kier molecular flexibility index (Phi) is 4.27. The van der Waals surface area contributed by atoms with E-state index < -0.39 is 0 Å². The van der Waals surface area contributed by atoms with Gasteiger partial charge >= 0.3 is 0 Å². The van der Waals surface area contributed by atoms with Gasteiger partial charge in [0.05, 0.1) is 11.4 Å². The molecule has 0 saturated heterocycles. The van der Waals surface area contributed by atoms with Crippen LogP contribution >= 0.6 is 11.8 Å². The molecule has 1 heterocycles. The fourth-order valence-corrected chi connectivity index (χ4v) is 4.48. The molecule has 5 rings (SSSR count). The molecule has 1 nitrogen and oxygen atoms in total. The van der Waals surface area contributed by atoms with Crippen LogP contribution in [0.15, 0.2) is 113 Å². The highest BCUT2D eigenvalue weighted by molar-refractivity contribution is 7.99. The summed E-state index contributed by atoms with van der Waals surface area (Å²) in [6.07, 6.45) is 0. The van der Waals surface area contributed by atoms with Crippen LogP contribution in [0.1, 0.15) is 11.1 Å². The summed E-state index contributed by atoms with van der Waals surface area (Å²) < 4.78 is 0. The van der Waals surface area contributed by atoms with Crippen molar-refractivity contribution in [2.45, 2.75) is 9.79 Å². The van der Waals surface area contributed by atoms with Crippen molar-refractivity contribution in [3.8, 4) is 11.1 Å². The SMILES string of the molecule is C=C(c1cccc(-c2ccccc2)c1)c1ccc2c(c1)Nc1ccccc1S2. The summed E-state index contributed by atoms with van der Waals surface area (Å²) in [7, 11) is 0. The first-order valence-electron chi connectivity index (χ1n) is 9.31. The lowest BCUT2D eigenvalue weighted by Gasteiger charge is -2.21. The molecule has 1 aliphatic heterocycles. The molecule has 0 unspecified atom stereocenters. The second kappa shape index (κ2) is 7.06. The van der Waals surface area contributed by atoms with Crippen LogP contribution in [-0.4, -0.2) is 0 Å². The van der Waals surface area contributed by atoms with Gasteiger partial charge in [0.15, 0.2) is 0 Å². The summed E-state index contributed by atoms with van der Waals surface area (Å²) in [6.45, 7) is 4.39. The Morgan fingerprint density at radius 2 is 1.32 bits per heavy atom. The van der Waals surface area contributed by atoms with Gasteiger partial charge in [-0.1, -0.05) is 85.1 Å². The maximum absolute atomic E-state index is 4.39.